The second-order valence-corrected chi connectivity index (χ2v) is 9.61. The van der Waals surface area contributed by atoms with Crippen LogP contribution in [0.25, 0.3) is 11.1 Å². The molecule has 0 bridgehead atoms. The first-order chi connectivity index (χ1) is 16.8. The first kappa shape index (κ1) is 24.5. The van der Waals surface area contributed by atoms with Crippen LogP contribution >= 0.6 is 0 Å². The molecule has 2 aliphatic rings. The summed E-state index contributed by atoms with van der Waals surface area (Å²) in [5.41, 5.74) is 3.13. The van der Waals surface area contributed by atoms with E-state index in [0.717, 1.165) is 35.1 Å². The van der Waals surface area contributed by atoms with Crippen molar-refractivity contribution >= 4 is 18.0 Å². The van der Waals surface area contributed by atoms with Crippen LogP contribution in [0, 0.1) is 5.92 Å². The molecule has 2 aromatic rings. The van der Waals surface area contributed by atoms with Gasteiger partial charge in [0.25, 0.3) is 0 Å². The Kier molecular flexibility index (Phi) is 7.24. The lowest BCUT2D eigenvalue weighted by Crippen LogP contribution is -2.60. The van der Waals surface area contributed by atoms with Gasteiger partial charge in [-0.15, -0.1) is 6.58 Å². The molecule has 2 aliphatic carbocycles. The number of nitrogens with one attached hydrogen (secondary N) is 2. The van der Waals surface area contributed by atoms with Gasteiger partial charge in [0.05, 0.1) is 0 Å². The zero-order chi connectivity index (χ0) is 25.0. The van der Waals surface area contributed by atoms with E-state index < -0.39 is 29.6 Å². The van der Waals surface area contributed by atoms with Crippen molar-refractivity contribution in [2.75, 3.05) is 6.61 Å². The van der Waals surface area contributed by atoms with Gasteiger partial charge in [-0.1, -0.05) is 61.5 Å². The molecule has 184 valence electrons. The minimum atomic E-state index is -1.31. The molecule has 35 heavy (non-hydrogen) atoms. The average molecular weight is 477 g/mol. The van der Waals surface area contributed by atoms with Gasteiger partial charge in [-0.2, -0.15) is 0 Å². The molecular weight excluding hydrogens is 444 g/mol. The third kappa shape index (κ3) is 5.09. The van der Waals surface area contributed by atoms with Crippen molar-refractivity contribution in [2.45, 2.75) is 56.5 Å². The van der Waals surface area contributed by atoms with Gasteiger partial charge in [-0.05, 0) is 60.3 Å². The van der Waals surface area contributed by atoms with Gasteiger partial charge >= 0.3 is 12.1 Å². The molecule has 7 nitrogen and oxygen atoms in total. The van der Waals surface area contributed by atoms with Crippen LogP contribution in [0.5, 0.6) is 0 Å². The summed E-state index contributed by atoms with van der Waals surface area (Å²) in [5, 5.41) is 15.2. The minimum Gasteiger partial charge on any atom is -0.480 e. The average Bonchev–Trinajstić information content (AvgIpc) is 3.17. The number of ether oxygens (including phenoxy) is 1. The van der Waals surface area contributed by atoms with Crippen LogP contribution in [0.1, 0.15) is 56.1 Å². The summed E-state index contributed by atoms with van der Waals surface area (Å²) in [4.78, 5) is 37.7. The number of benzene rings is 2. The van der Waals surface area contributed by atoms with E-state index in [1.165, 1.54) is 6.08 Å². The standard InChI is InChI=1S/C28H32N2O5/c1-3-8-24(25(31)30-28(26(32)33)15-13-18(2)14-16-28)29-27(34)35-17-23-21-11-6-4-9-19(21)20-10-5-7-12-22(20)23/h3-7,9-12,18,23-24H,1,8,13-17H2,2H3,(H,29,34)(H,30,31)(H,32,33). The highest BCUT2D eigenvalue weighted by molar-refractivity contribution is 5.91. The quantitative estimate of drug-likeness (QED) is 0.482. The number of carbonyl (C=O) groups is 3. The molecule has 4 rings (SSSR count). The van der Waals surface area contributed by atoms with Gasteiger partial charge in [-0.3, -0.25) is 4.79 Å². The second kappa shape index (κ2) is 10.3. The molecule has 1 fully saturated rings. The summed E-state index contributed by atoms with van der Waals surface area (Å²) in [6, 6.07) is 15.1. The zero-order valence-corrected chi connectivity index (χ0v) is 20.0. The maximum absolute atomic E-state index is 13.0. The predicted molar refractivity (Wildman–Crippen MR) is 133 cm³/mol. The number of hydrogen-bond donors (Lipinski definition) is 3. The Morgan fingerprint density at radius 3 is 2.20 bits per heavy atom. The lowest BCUT2D eigenvalue weighted by atomic mass is 9.77. The predicted octanol–water partition coefficient (Wildman–Crippen LogP) is 4.62. The number of hydrogen-bond acceptors (Lipinski definition) is 4. The number of fused-ring (bicyclic) bond motifs is 3. The summed E-state index contributed by atoms with van der Waals surface area (Å²) in [7, 11) is 0. The fourth-order valence-corrected chi connectivity index (χ4v) is 5.15. The highest BCUT2D eigenvalue weighted by Gasteiger charge is 2.43. The van der Waals surface area contributed by atoms with E-state index in [1.54, 1.807) is 0 Å². The number of rotatable bonds is 8. The van der Waals surface area contributed by atoms with Gasteiger partial charge in [0.15, 0.2) is 0 Å². The zero-order valence-electron chi connectivity index (χ0n) is 20.0. The van der Waals surface area contributed by atoms with Crippen LogP contribution in [0.15, 0.2) is 61.2 Å². The van der Waals surface area contributed by atoms with Gasteiger partial charge in [0.2, 0.25) is 5.91 Å². The number of carboxylic acid groups (broad SMARTS) is 1. The maximum Gasteiger partial charge on any atom is 0.407 e. The highest BCUT2D eigenvalue weighted by Crippen LogP contribution is 2.44. The van der Waals surface area contributed by atoms with Crippen LogP contribution < -0.4 is 10.6 Å². The Bertz CT molecular complexity index is 1070. The third-order valence-electron chi connectivity index (χ3n) is 7.25. The Labute approximate surface area is 205 Å². The Morgan fingerprint density at radius 1 is 1.09 bits per heavy atom. The summed E-state index contributed by atoms with van der Waals surface area (Å²) in [5.74, 6) is -1.27. The van der Waals surface area contributed by atoms with Crippen LogP contribution in [-0.2, 0) is 14.3 Å². The minimum absolute atomic E-state index is 0.0978. The van der Waals surface area contributed by atoms with Crippen LogP contribution in [0.3, 0.4) is 0 Å². The van der Waals surface area contributed by atoms with Crippen molar-refractivity contribution in [2.24, 2.45) is 5.92 Å². The van der Waals surface area contributed by atoms with Crippen molar-refractivity contribution in [3.63, 3.8) is 0 Å². The lowest BCUT2D eigenvalue weighted by molar-refractivity contribution is -0.150. The van der Waals surface area contributed by atoms with E-state index >= 15 is 0 Å². The Balaban J connectivity index is 1.41. The second-order valence-electron chi connectivity index (χ2n) is 9.61. The van der Waals surface area contributed by atoms with Gasteiger partial charge in [0.1, 0.15) is 18.2 Å². The molecule has 7 heteroatoms. The van der Waals surface area contributed by atoms with Crippen molar-refractivity contribution in [1.82, 2.24) is 10.6 Å². The van der Waals surface area contributed by atoms with Crippen molar-refractivity contribution in [1.29, 1.82) is 0 Å². The summed E-state index contributed by atoms with van der Waals surface area (Å²) < 4.78 is 5.56. The third-order valence-corrected chi connectivity index (χ3v) is 7.25. The van der Waals surface area contributed by atoms with Crippen molar-refractivity contribution in [3.05, 3.63) is 72.3 Å². The monoisotopic (exact) mass is 476 g/mol. The van der Waals surface area contributed by atoms with E-state index in [0.29, 0.717) is 18.8 Å². The molecule has 1 saturated carbocycles. The number of amides is 2. The van der Waals surface area contributed by atoms with E-state index in [9.17, 15) is 19.5 Å². The number of carbonyl (C=O) groups excluding carboxylic acids is 2. The summed E-state index contributed by atoms with van der Waals surface area (Å²) >= 11 is 0. The van der Waals surface area contributed by atoms with Crippen molar-refractivity contribution < 1.29 is 24.2 Å². The number of aliphatic carboxylic acids is 1. The first-order valence-electron chi connectivity index (χ1n) is 12.1. The van der Waals surface area contributed by atoms with Gasteiger partial charge in [0, 0.05) is 5.92 Å². The van der Waals surface area contributed by atoms with Crippen LogP contribution in [-0.4, -0.2) is 41.3 Å². The normalized spacial score (nSPS) is 21.8. The summed E-state index contributed by atoms with van der Waals surface area (Å²) in [6.45, 7) is 5.87. The molecule has 1 atom stereocenters. The highest BCUT2D eigenvalue weighted by atomic mass is 16.5. The van der Waals surface area contributed by atoms with E-state index in [4.69, 9.17) is 4.74 Å². The SMILES string of the molecule is C=CCC(NC(=O)OCC1c2ccccc2-c2ccccc21)C(=O)NC1(C(=O)O)CCC(C)CC1. The fourth-order valence-electron chi connectivity index (χ4n) is 5.15. The first-order valence-corrected chi connectivity index (χ1v) is 12.1. The Hall–Kier alpha value is -3.61. The molecule has 0 aliphatic heterocycles. The Morgan fingerprint density at radius 2 is 1.66 bits per heavy atom. The number of alkyl carbamates (subject to hydrolysis) is 1. The van der Waals surface area contributed by atoms with Crippen LogP contribution in [0.4, 0.5) is 4.79 Å². The largest absolute Gasteiger partial charge is 0.480 e. The lowest BCUT2D eigenvalue weighted by Gasteiger charge is -2.37. The van der Waals surface area contributed by atoms with Crippen LogP contribution in [0.2, 0.25) is 0 Å². The van der Waals surface area contributed by atoms with Crippen molar-refractivity contribution in [3.8, 4) is 11.1 Å². The molecule has 0 saturated heterocycles. The van der Waals surface area contributed by atoms with Gasteiger partial charge < -0.3 is 20.5 Å². The van der Waals surface area contributed by atoms with E-state index in [-0.39, 0.29) is 18.9 Å². The molecule has 0 radical (unpaired) electrons. The molecule has 2 amide bonds. The molecular formula is C28H32N2O5. The van der Waals surface area contributed by atoms with Gasteiger partial charge in [-0.25, -0.2) is 9.59 Å². The molecule has 0 aromatic heterocycles. The topological polar surface area (TPSA) is 105 Å². The maximum atomic E-state index is 13.0. The molecule has 2 aromatic carbocycles. The van der Waals surface area contributed by atoms with E-state index in [1.807, 2.05) is 36.4 Å². The smallest absolute Gasteiger partial charge is 0.407 e. The summed E-state index contributed by atoms with van der Waals surface area (Å²) in [6.07, 6.45) is 3.11. The number of carboxylic acids is 1. The molecule has 0 heterocycles. The van der Waals surface area contributed by atoms with E-state index in [2.05, 4.69) is 36.3 Å². The fraction of sp³-hybridized carbons (Fsp3) is 0.393. The molecule has 1 unspecified atom stereocenters. The molecule has 3 N–H and O–H groups in total. The molecule has 0 spiro atoms.